The summed E-state index contributed by atoms with van der Waals surface area (Å²) in [5, 5.41) is 0.203. The normalized spacial score (nSPS) is 11.3. The molecule has 0 radical (unpaired) electrons. The molecule has 3 nitrogen and oxygen atoms in total. The quantitative estimate of drug-likeness (QED) is 0.848. The van der Waals surface area contributed by atoms with Gasteiger partial charge in [-0.2, -0.15) is 0 Å². The fourth-order valence-electron chi connectivity index (χ4n) is 1.42. The Balaban J connectivity index is 2.38. The van der Waals surface area contributed by atoms with Gasteiger partial charge in [0.2, 0.25) is 0 Å². The largest absolute Gasteiger partial charge is 0.280 e. The van der Waals surface area contributed by atoms with E-state index in [0.717, 1.165) is 4.47 Å². The van der Waals surface area contributed by atoms with Gasteiger partial charge in [0.15, 0.2) is 0 Å². The number of nitrogens with one attached hydrogen (secondary N) is 1. The molecule has 0 amide bonds. The van der Waals surface area contributed by atoms with Crippen LogP contribution >= 0.6 is 39.1 Å². The van der Waals surface area contributed by atoms with Crippen LogP contribution in [-0.4, -0.2) is 8.42 Å². The van der Waals surface area contributed by atoms with Gasteiger partial charge in [0, 0.05) is 10.2 Å². The highest BCUT2D eigenvalue weighted by Gasteiger charge is 2.19. The molecular weight excluding hydrogens is 373 g/mol. The molecule has 0 fully saturated rings. The van der Waals surface area contributed by atoms with Gasteiger partial charge >= 0.3 is 0 Å². The topological polar surface area (TPSA) is 46.2 Å². The van der Waals surface area contributed by atoms with Gasteiger partial charge in [-0.1, -0.05) is 45.2 Å². The van der Waals surface area contributed by atoms with Crippen LogP contribution in [0.3, 0.4) is 0 Å². The van der Waals surface area contributed by atoms with E-state index >= 15 is 0 Å². The first-order valence-corrected chi connectivity index (χ1v) is 8.16. The van der Waals surface area contributed by atoms with E-state index in [4.69, 9.17) is 23.2 Å². The smallest absolute Gasteiger partial charge is 0.263 e. The summed E-state index contributed by atoms with van der Waals surface area (Å²) in [6.45, 7) is 0. The molecule has 0 saturated heterocycles. The number of halogens is 3. The Bertz CT molecular complexity index is 702. The Hall–Kier alpha value is -0.750. The van der Waals surface area contributed by atoms with Crippen molar-refractivity contribution in [3.05, 3.63) is 57.0 Å². The summed E-state index contributed by atoms with van der Waals surface area (Å²) in [6, 6.07) is 11.2. The lowest BCUT2D eigenvalue weighted by Crippen LogP contribution is -2.13. The number of anilines is 1. The van der Waals surface area contributed by atoms with Gasteiger partial charge in [0.25, 0.3) is 10.0 Å². The lowest BCUT2D eigenvalue weighted by Gasteiger charge is -2.10. The third-order valence-electron chi connectivity index (χ3n) is 2.30. The maximum absolute atomic E-state index is 12.2. The molecule has 100 valence electrons. The van der Waals surface area contributed by atoms with Crippen molar-refractivity contribution in [2.75, 3.05) is 4.72 Å². The molecule has 0 spiro atoms. The van der Waals surface area contributed by atoms with Crippen LogP contribution in [0.25, 0.3) is 0 Å². The second kappa shape index (κ2) is 5.71. The van der Waals surface area contributed by atoms with E-state index in [0.29, 0.717) is 5.69 Å². The van der Waals surface area contributed by atoms with Crippen LogP contribution in [0.1, 0.15) is 0 Å². The molecule has 7 heteroatoms. The summed E-state index contributed by atoms with van der Waals surface area (Å²) in [6.07, 6.45) is 0. The van der Waals surface area contributed by atoms with Crippen LogP contribution in [0.5, 0.6) is 0 Å². The van der Waals surface area contributed by atoms with E-state index in [1.54, 1.807) is 24.3 Å². The van der Waals surface area contributed by atoms with Crippen LogP contribution in [0.15, 0.2) is 51.8 Å². The molecule has 0 bridgehead atoms. The molecule has 0 aliphatic carbocycles. The zero-order valence-corrected chi connectivity index (χ0v) is 13.3. The van der Waals surface area contributed by atoms with Crippen molar-refractivity contribution in [2.45, 2.75) is 4.90 Å². The zero-order chi connectivity index (χ0) is 14.0. The van der Waals surface area contributed by atoms with Gasteiger partial charge < -0.3 is 0 Å². The van der Waals surface area contributed by atoms with Crippen molar-refractivity contribution >= 4 is 54.8 Å². The Morgan fingerprint density at radius 2 is 1.63 bits per heavy atom. The minimum Gasteiger partial charge on any atom is -0.280 e. The molecule has 0 atom stereocenters. The van der Waals surface area contributed by atoms with Gasteiger partial charge in [-0.15, -0.1) is 0 Å². The molecule has 1 N–H and O–H groups in total. The van der Waals surface area contributed by atoms with Gasteiger partial charge in [-0.3, -0.25) is 4.72 Å². The molecule has 0 aliphatic heterocycles. The summed E-state index contributed by atoms with van der Waals surface area (Å²) in [5.41, 5.74) is 0.444. The van der Waals surface area contributed by atoms with Crippen molar-refractivity contribution in [3.8, 4) is 0 Å². The third-order valence-corrected chi connectivity index (χ3v) is 5.19. The number of hydrogen-bond donors (Lipinski definition) is 1. The summed E-state index contributed by atoms with van der Waals surface area (Å²) in [4.78, 5) is -0.0513. The summed E-state index contributed by atoms with van der Waals surface area (Å²) >= 11 is 15.0. The van der Waals surface area contributed by atoms with Crippen molar-refractivity contribution in [2.24, 2.45) is 0 Å². The third kappa shape index (κ3) is 3.42. The monoisotopic (exact) mass is 379 g/mol. The SMILES string of the molecule is O=S(=O)(Nc1ccc(Br)cc1)c1cccc(Cl)c1Cl. The Morgan fingerprint density at radius 1 is 1.00 bits per heavy atom. The van der Waals surface area contributed by atoms with E-state index in [-0.39, 0.29) is 14.9 Å². The van der Waals surface area contributed by atoms with E-state index < -0.39 is 10.0 Å². The second-order valence-corrected chi connectivity index (χ2v) is 7.02. The number of benzene rings is 2. The summed E-state index contributed by atoms with van der Waals surface area (Å²) in [5.74, 6) is 0. The van der Waals surface area contributed by atoms with Gasteiger partial charge in [0.05, 0.1) is 10.0 Å². The fraction of sp³-hybridized carbons (Fsp3) is 0. The first kappa shape index (κ1) is 14.7. The standard InChI is InChI=1S/C12H8BrCl2NO2S/c13-8-4-6-9(7-5-8)16-19(17,18)11-3-1-2-10(14)12(11)15/h1-7,16H. The van der Waals surface area contributed by atoms with Crippen LogP contribution in [0.4, 0.5) is 5.69 Å². The zero-order valence-electron chi connectivity index (χ0n) is 9.40. The van der Waals surface area contributed by atoms with Crippen molar-refractivity contribution in [1.82, 2.24) is 0 Å². The molecular formula is C12H8BrCl2NO2S. The Kier molecular flexibility index (Phi) is 4.40. The van der Waals surface area contributed by atoms with Gasteiger partial charge in [-0.25, -0.2) is 8.42 Å². The summed E-state index contributed by atoms with van der Waals surface area (Å²) < 4.78 is 27.7. The molecule has 2 rings (SSSR count). The Morgan fingerprint density at radius 3 is 2.26 bits per heavy atom. The lowest BCUT2D eigenvalue weighted by molar-refractivity contribution is 0.601. The van der Waals surface area contributed by atoms with E-state index in [1.807, 2.05) is 0 Å². The summed E-state index contributed by atoms with van der Waals surface area (Å²) in [7, 11) is -3.76. The maximum atomic E-state index is 12.2. The number of hydrogen-bond acceptors (Lipinski definition) is 2. The maximum Gasteiger partial charge on any atom is 0.263 e. The van der Waals surface area contributed by atoms with Crippen molar-refractivity contribution in [1.29, 1.82) is 0 Å². The minimum atomic E-state index is -3.76. The molecule has 0 heterocycles. The number of rotatable bonds is 3. The molecule has 0 unspecified atom stereocenters. The Labute approximate surface area is 129 Å². The molecule has 0 aromatic heterocycles. The molecule has 19 heavy (non-hydrogen) atoms. The number of sulfonamides is 1. The highest BCUT2D eigenvalue weighted by atomic mass is 79.9. The van der Waals surface area contributed by atoms with Crippen LogP contribution in [0.2, 0.25) is 10.0 Å². The van der Waals surface area contributed by atoms with E-state index in [1.165, 1.54) is 18.2 Å². The van der Waals surface area contributed by atoms with E-state index in [9.17, 15) is 8.42 Å². The predicted molar refractivity (Wildman–Crippen MR) is 81.4 cm³/mol. The first-order chi connectivity index (χ1) is 8.90. The van der Waals surface area contributed by atoms with Crippen molar-refractivity contribution in [3.63, 3.8) is 0 Å². The molecule has 0 saturated carbocycles. The van der Waals surface area contributed by atoms with E-state index in [2.05, 4.69) is 20.7 Å². The molecule has 0 aliphatic rings. The second-order valence-electron chi connectivity index (χ2n) is 3.66. The van der Waals surface area contributed by atoms with Crippen LogP contribution in [-0.2, 0) is 10.0 Å². The first-order valence-electron chi connectivity index (χ1n) is 5.12. The molecule has 2 aromatic rings. The minimum absolute atomic E-state index is 0.00813. The highest BCUT2D eigenvalue weighted by Crippen LogP contribution is 2.30. The van der Waals surface area contributed by atoms with Gasteiger partial charge in [-0.05, 0) is 36.4 Å². The lowest BCUT2D eigenvalue weighted by atomic mass is 10.3. The molecule has 2 aromatic carbocycles. The average molecular weight is 381 g/mol. The predicted octanol–water partition coefficient (Wildman–Crippen LogP) is 4.56. The average Bonchev–Trinajstić information content (AvgIpc) is 2.35. The van der Waals surface area contributed by atoms with Crippen LogP contribution < -0.4 is 4.72 Å². The highest BCUT2D eigenvalue weighted by molar-refractivity contribution is 9.10. The fourth-order valence-corrected chi connectivity index (χ4v) is 3.51. The van der Waals surface area contributed by atoms with Crippen molar-refractivity contribution < 1.29 is 8.42 Å². The van der Waals surface area contributed by atoms with Gasteiger partial charge in [0.1, 0.15) is 4.90 Å². The van der Waals surface area contributed by atoms with Crippen LogP contribution in [0, 0.1) is 0 Å².